The van der Waals surface area contributed by atoms with Crippen molar-refractivity contribution in [3.8, 4) is 16.9 Å². The Morgan fingerprint density at radius 3 is 2.06 bits per heavy atom. The lowest BCUT2D eigenvalue weighted by Gasteiger charge is -2.17. The summed E-state index contributed by atoms with van der Waals surface area (Å²) in [5, 5.41) is 0. The van der Waals surface area contributed by atoms with Crippen LogP contribution in [0.1, 0.15) is 30.5 Å². The molecule has 0 saturated carbocycles. The van der Waals surface area contributed by atoms with Crippen LogP contribution in [0.2, 0.25) is 0 Å². The zero-order chi connectivity index (χ0) is 25.2. The number of ether oxygens (including phenoxy) is 2. The highest BCUT2D eigenvalue weighted by Gasteiger charge is 2.38. The summed E-state index contributed by atoms with van der Waals surface area (Å²) < 4.78 is 74.9. The fraction of sp³-hybridized carbons (Fsp3) is 0.231. The van der Waals surface area contributed by atoms with Gasteiger partial charge in [0.25, 0.3) is 0 Å². The summed E-state index contributed by atoms with van der Waals surface area (Å²) in [4.78, 5) is 17.1. The maximum atomic E-state index is 14.4. The van der Waals surface area contributed by atoms with Crippen LogP contribution in [0, 0.1) is 17.6 Å². The van der Waals surface area contributed by atoms with E-state index in [1.54, 1.807) is 31.2 Å². The predicted octanol–water partition coefficient (Wildman–Crippen LogP) is 6.64. The average molecular weight is 489 g/mol. The molecule has 4 rings (SSSR count). The quantitative estimate of drug-likeness (QED) is 0.288. The van der Waals surface area contributed by atoms with Crippen LogP contribution in [0.25, 0.3) is 11.1 Å². The minimum atomic E-state index is -4.77. The molecule has 3 aromatic rings. The molecule has 4 nitrogen and oxygen atoms in total. The molecule has 35 heavy (non-hydrogen) atoms. The third kappa shape index (κ3) is 5.50. The average Bonchev–Trinajstić information content (AvgIpc) is 3.24. The minimum absolute atomic E-state index is 0.0176. The number of alkyl halides is 3. The Bertz CT molecular complexity index is 1220. The largest absolute Gasteiger partial charge is 0.573 e. The lowest BCUT2D eigenvalue weighted by atomic mass is 9.90. The van der Waals surface area contributed by atoms with Gasteiger partial charge >= 0.3 is 12.3 Å². The van der Waals surface area contributed by atoms with Crippen molar-refractivity contribution in [1.82, 2.24) is 0 Å². The topological polar surface area (TPSA) is 47.9 Å². The highest BCUT2D eigenvalue weighted by molar-refractivity contribution is 6.04. The van der Waals surface area contributed by atoms with Gasteiger partial charge in [-0.05, 0) is 47.9 Å². The van der Waals surface area contributed by atoms with E-state index < -0.39 is 35.9 Å². The number of aliphatic imine (C=N–C) groups is 1. The fourth-order valence-electron chi connectivity index (χ4n) is 4.06. The number of hydrogen-bond acceptors (Lipinski definition) is 4. The second kappa shape index (κ2) is 9.85. The van der Waals surface area contributed by atoms with Crippen LogP contribution in [-0.2, 0) is 9.53 Å². The van der Waals surface area contributed by atoms with Gasteiger partial charge in [-0.3, -0.25) is 9.79 Å². The number of benzene rings is 3. The van der Waals surface area contributed by atoms with Crippen molar-refractivity contribution in [3.05, 3.63) is 89.5 Å². The van der Waals surface area contributed by atoms with Crippen molar-refractivity contribution in [2.24, 2.45) is 10.9 Å². The van der Waals surface area contributed by atoms with E-state index in [2.05, 4.69) is 9.73 Å². The molecule has 0 N–H and O–H groups in total. The zero-order valence-electron chi connectivity index (χ0n) is 18.5. The maximum Gasteiger partial charge on any atom is 0.573 e. The predicted molar refractivity (Wildman–Crippen MR) is 119 cm³/mol. The molecule has 2 unspecified atom stereocenters. The van der Waals surface area contributed by atoms with Crippen molar-refractivity contribution < 1.29 is 36.2 Å². The molecule has 1 aliphatic heterocycles. The zero-order valence-corrected chi connectivity index (χ0v) is 18.5. The summed E-state index contributed by atoms with van der Waals surface area (Å²) in [5.41, 5.74) is 1.88. The molecule has 0 spiro atoms. The summed E-state index contributed by atoms with van der Waals surface area (Å²) >= 11 is 0. The van der Waals surface area contributed by atoms with Gasteiger partial charge in [0.1, 0.15) is 17.4 Å². The van der Waals surface area contributed by atoms with Gasteiger partial charge in [-0.15, -0.1) is 13.2 Å². The van der Waals surface area contributed by atoms with Gasteiger partial charge in [0.2, 0.25) is 0 Å². The first-order valence-electron chi connectivity index (χ1n) is 10.8. The van der Waals surface area contributed by atoms with Crippen molar-refractivity contribution in [1.29, 1.82) is 0 Å². The van der Waals surface area contributed by atoms with E-state index in [1.165, 1.54) is 30.3 Å². The first-order chi connectivity index (χ1) is 16.7. The van der Waals surface area contributed by atoms with Crippen LogP contribution in [0.5, 0.6) is 5.75 Å². The molecule has 3 aromatic carbocycles. The monoisotopic (exact) mass is 489 g/mol. The Labute approximate surface area is 198 Å². The van der Waals surface area contributed by atoms with Gasteiger partial charge in [0.15, 0.2) is 0 Å². The molecule has 0 radical (unpaired) electrons. The molecule has 0 aromatic heterocycles. The molecule has 1 aliphatic rings. The van der Waals surface area contributed by atoms with Crippen LogP contribution in [-0.4, -0.2) is 24.7 Å². The Kier molecular flexibility index (Phi) is 6.86. The molecule has 0 aliphatic carbocycles. The van der Waals surface area contributed by atoms with E-state index in [0.717, 1.165) is 12.1 Å². The summed E-state index contributed by atoms with van der Waals surface area (Å²) in [7, 11) is 0. The van der Waals surface area contributed by atoms with Crippen molar-refractivity contribution >= 4 is 11.7 Å². The Hall–Kier alpha value is -3.75. The normalized spacial score (nSPS) is 17.7. The number of carbonyl (C=O) groups is 1. The van der Waals surface area contributed by atoms with Crippen molar-refractivity contribution in [2.75, 3.05) is 6.61 Å². The van der Waals surface area contributed by atoms with Crippen LogP contribution in [0.15, 0.2) is 71.7 Å². The van der Waals surface area contributed by atoms with E-state index in [1.807, 2.05) is 0 Å². The van der Waals surface area contributed by atoms with Crippen LogP contribution >= 0.6 is 0 Å². The molecule has 0 fully saturated rings. The molecular formula is C26H20F5NO3. The third-order valence-corrected chi connectivity index (χ3v) is 5.60. The van der Waals surface area contributed by atoms with E-state index in [0.29, 0.717) is 16.7 Å². The van der Waals surface area contributed by atoms with Crippen molar-refractivity contribution in [3.63, 3.8) is 0 Å². The van der Waals surface area contributed by atoms with E-state index >= 15 is 0 Å². The number of hydrogen-bond donors (Lipinski definition) is 0. The molecular weight excluding hydrogens is 469 g/mol. The lowest BCUT2D eigenvalue weighted by Crippen LogP contribution is -2.22. The van der Waals surface area contributed by atoms with Gasteiger partial charge in [0.05, 0.1) is 24.1 Å². The fourth-order valence-corrected chi connectivity index (χ4v) is 4.06. The Balaban J connectivity index is 1.62. The van der Waals surface area contributed by atoms with Gasteiger partial charge in [-0.2, -0.15) is 0 Å². The summed E-state index contributed by atoms with van der Waals surface area (Å²) in [6, 6.07) is 15.1. The highest BCUT2D eigenvalue weighted by atomic mass is 19.4. The molecule has 182 valence electrons. The SMILES string of the molecule is CCOC(=O)C1CC(c2c(F)cccc2F)=NC1c1ccc(-c2ccc(OC(F)(F)F)cc2)cc1. The van der Waals surface area contributed by atoms with E-state index in [4.69, 9.17) is 4.74 Å². The number of halogens is 5. The first kappa shape index (κ1) is 24.4. The van der Waals surface area contributed by atoms with Crippen LogP contribution < -0.4 is 4.74 Å². The standard InChI is InChI=1S/C26H20F5NO3/c1-2-34-25(33)19-14-22(23-20(27)4-3-5-21(23)28)32-24(19)17-8-6-15(7-9-17)16-10-12-18(13-11-16)35-26(29,30)31/h3-13,19,24H,2,14H2,1H3. The number of carbonyl (C=O) groups excluding carboxylic acids is 1. The van der Waals surface area contributed by atoms with Gasteiger partial charge in [-0.25, -0.2) is 8.78 Å². The third-order valence-electron chi connectivity index (χ3n) is 5.60. The second-order valence-electron chi connectivity index (χ2n) is 7.87. The van der Waals surface area contributed by atoms with Gasteiger partial charge in [0, 0.05) is 12.1 Å². The van der Waals surface area contributed by atoms with E-state index in [-0.39, 0.29) is 30.1 Å². The summed E-state index contributed by atoms with van der Waals surface area (Å²) in [6.45, 7) is 1.82. The van der Waals surface area contributed by atoms with Gasteiger partial charge < -0.3 is 9.47 Å². The molecule has 0 amide bonds. The Morgan fingerprint density at radius 1 is 0.943 bits per heavy atom. The molecule has 1 heterocycles. The van der Waals surface area contributed by atoms with Crippen LogP contribution in [0.3, 0.4) is 0 Å². The maximum absolute atomic E-state index is 14.4. The molecule has 2 atom stereocenters. The molecule has 0 saturated heterocycles. The minimum Gasteiger partial charge on any atom is -0.466 e. The highest BCUT2D eigenvalue weighted by Crippen LogP contribution is 2.39. The summed E-state index contributed by atoms with van der Waals surface area (Å²) in [6.07, 6.45) is -4.76. The molecule has 0 bridgehead atoms. The smallest absolute Gasteiger partial charge is 0.466 e. The van der Waals surface area contributed by atoms with Crippen molar-refractivity contribution in [2.45, 2.75) is 25.7 Å². The van der Waals surface area contributed by atoms with E-state index in [9.17, 15) is 26.7 Å². The van der Waals surface area contributed by atoms with Gasteiger partial charge in [-0.1, -0.05) is 42.5 Å². The summed E-state index contributed by atoms with van der Waals surface area (Å²) in [5.74, 6) is -3.13. The lowest BCUT2D eigenvalue weighted by molar-refractivity contribution is -0.274. The number of rotatable bonds is 6. The second-order valence-corrected chi connectivity index (χ2v) is 7.87. The first-order valence-corrected chi connectivity index (χ1v) is 10.8. The number of nitrogens with zero attached hydrogens (tertiary/aromatic N) is 1. The van der Waals surface area contributed by atoms with Crippen LogP contribution in [0.4, 0.5) is 22.0 Å². The number of esters is 1. The Morgan fingerprint density at radius 2 is 1.51 bits per heavy atom. The molecule has 9 heteroatoms.